The molecule has 0 saturated heterocycles. The maximum atomic E-state index is 12.9. The summed E-state index contributed by atoms with van der Waals surface area (Å²) in [6.07, 6.45) is 9.98. The first-order valence-corrected chi connectivity index (χ1v) is 10.0. The Kier molecular flexibility index (Phi) is 3.85. The monoisotopic (exact) mass is 332 g/mol. The molecule has 0 aromatic rings. The molecule has 3 nitrogen and oxygen atoms in total. The van der Waals surface area contributed by atoms with E-state index in [-0.39, 0.29) is 22.7 Å². The van der Waals surface area contributed by atoms with Gasteiger partial charge in [0, 0.05) is 11.8 Å². The Morgan fingerprint density at radius 1 is 1.04 bits per heavy atom. The van der Waals surface area contributed by atoms with Crippen molar-refractivity contribution in [3.63, 3.8) is 0 Å². The van der Waals surface area contributed by atoms with Crippen LogP contribution in [-0.2, 0) is 14.3 Å². The molecule has 0 amide bonds. The number of ketones is 1. The van der Waals surface area contributed by atoms with Crippen LogP contribution in [0.1, 0.15) is 71.6 Å². The highest BCUT2D eigenvalue weighted by atomic mass is 16.5. The molecule has 0 unspecified atom stereocenters. The van der Waals surface area contributed by atoms with Crippen molar-refractivity contribution < 1.29 is 14.3 Å². The highest BCUT2D eigenvalue weighted by Crippen LogP contribution is 2.66. The van der Waals surface area contributed by atoms with Crippen molar-refractivity contribution in [1.82, 2.24) is 0 Å². The molecule has 0 heterocycles. The van der Waals surface area contributed by atoms with Crippen molar-refractivity contribution in [2.45, 2.75) is 71.6 Å². The van der Waals surface area contributed by atoms with E-state index in [1.807, 2.05) is 0 Å². The number of methoxy groups -OCH3 is 1. The smallest absolute Gasteiger partial charge is 0.309 e. The lowest BCUT2D eigenvalue weighted by atomic mass is 9.44. The zero-order valence-corrected chi connectivity index (χ0v) is 15.5. The number of hydrogen-bond donors (Lipinski definition) is 0. The van der Waals surface area contributed by atoms with Crippen LogP contribution in [0.2, 0.25) is 0 Å². The first-order valence-electron chi connectivity index (χ1n) is 10.0. The van der Waals surface area contributed by atoms with E-state index >= 15 is 0 Å². The summed E-state index contributed by atoms with van der Waals surface area (Å²) in [7, 11) is 1.53. The van der Waals surface area contributed by atoms with E-state index in [1.54, 1.807) is 0 Å². The first-order chi connectivity index (χ1) is 11.4. The van der Waals surface area contributed by atoms with Crippen LogP contribution in [0.5, 0.6) is 0 Å². The van der Waals surface area contributed by atoms with Gasteiger partial charge in [0.15, 0.2) is 0 Å². The van der Waals surface area contributed by atoms with Gasteiger partial charge in [-0.1, -0.05) is 13.8 Å². The Hall–Kier alpha value is -0.860. The van der Waals surface area contributed by atoms with Crippen LogP contribution in [-0.4, -0.2) is 18.9 Å². The number of hydrogen-bond acceptors (Lipinski definition) is 3. The molecular formula is C21H32O3. The summed E-state index contributed by atoms with van der Waals surface area (Å²) in [5.41, 5.74) is 0.0149. The third-order valence-electron chi connectivity index (χ3n) is 8.95. The van der Waals surface area contributed by atoms with Crippen LogP contribution in [0, 0.1) is 40.4 Å². The second-order valence-electron chi connectivity index (χ2n) is 9.45. The summed E-state index contributed by atoms with van der Waals surface area (Å²) in [6, 6.07) is 0. The van der Waals surface area contributed by atoms with Crippen molar-refractivity contribution >= 4 is 11.8 Å². The Morgan fingerprint density at radius 3 is 2.58 bits per heavy atom. The van der Waals surface area contributed by atoms with Crippen molar-refractivity contribution in [3.8, 4) is 0 Å². The molecule has 3 heteroatoms. The first kappa shape index (κ1) is 16.6. The molecule has 4 rings (SSSR count). The average Bonchev–Trinajstić information content (AvgIpc) is 2.92. The number of carbonyl (C=O) groups is 2. The van der Waals surface area contributed by atoms with Crippen molar-refractivity contribution in [2.24, 2.45) is 40.4 Å². The fourth-order valence-electron chi connectivity index (χ4n) is 7.62. The van der Waals surface area contributed by atoms with Crippen LogP contribution in [0.15, 0.2) is 0 Å². The lowest BCUT2D eigenvalue weighted by molar-refractivity contribution is -0.162. The second-order valence-corrected chi connectivity index (χ2v) is 9.45. The van der Waals surface area contributed by atoms with Gasteiger partial charge in [0.25, 0.3) is 0 Å². The molecular weight excluding hydrogens is 300 g/mol. The lowest BCUT2D eigenvalue weighted by Crippen LogP contribution is -2.56. The molecule has 134 valence electrons. The van der Waals surface area contributed by atoms with E-state index in [9.17, 15) is 9.59 Å². The fraction of sp³-hybridized carbons (Fsp3) is 0.905. The minimum Gasteiger partial charge on any atom is -0.469 e. The predicted octanol–water partition coefficient (Wildman–Crippen LogP) is 4.39. The fourth-order valence-corrected chi connectivity index (χ4v) is 7.62. The zero-order chi connectivity index (χ0) is 17.1. The molecule has 4 aliphatic rings. The Labute approximate surface area is 145 Å². The van der Waals surface area contributed by atoms with E-state index in [2.05, 4.69) is 13.8 Å². The SMILES string of the molecule is COC(=O)[C@H]1CC[C@H]2[C@@H]3CC[C@@H]4CCCC(=O)[C@]4(C)[C@H]3CC[C@]12C. The van der Waals surface area contributed by atoms with Crippen molar-refractivity contribution in [3.05, 3.63) is 0 Å². The number of ether oxygens (including phenoxy) is 1. The number of esters is 1. The molecule has 0 aliphatic heterocycles. The molecule has 7 atom stereocenters. The van der Waals surface area contributed by atoms with E-state index in [4.69, 9.17) is 4.74 Å². The maximum Gasteiger partial charge on any atom is 0.309 e. The summed E-state index contributed by atoms with van der Waals surface area (Å²) < 4.78 is 5.11. The highest BCUT2D eigenvalue weighted by Gasteiger charge is 2.62. The van der Waals surface area contributed by atoms with E-state index < -0.39 is 0 Å². The third kappa shape index (κ3) is 2.02. The van der Waals surface area contributed by atoms with Gasteiger partial charge in [0.05, 0.1) is 13.0 Å². The summed E-state index contributed by atoms with van der Waals surface area (Å²) >= 11 is 0. The van der Waals surface area contributed by atoms with Crippen LogP contribution in [0.25, 0.3) is 0 Å². The number of rotatable bonds is 1. The topological polar surface area (TPSA) is 43.4 Å². The van der Waals surface area contributed by atoms with Gasteiger partial charge in [0.2, 0.25) is 0 Å². The van der Waals surface area contributed by atoms with Crippen molar-refractivity contribution in [1.29, 1.82) is 0 Å². The van der Waals surface area contributed by atoms with Gasteiger partial charge < -0.3 is 4.74 Å². The molecule has 24 heavy (non-hydrogen) atoms. The summed E-state index contributed by atoms with van der Waals surface area (Å²) in [5.74, 6) is 3.02. The van der Waals surface area contributed by atoms with Crippen molar-refractivity contribution in [2.75, 3.05) is 7.11 Å². The highest BCUT2D eigenvalue weighted by molar-refractivity contribution is 5.86. The number of Topliss-reactive ketones (excluding diaryl/α,β-unsaturated/α-hetero) is 1. The molecule has 0 aromatic heterocycles. The quantitative estimate of drug-likeness (QED) is 0.669. The van der Waals surface area contributed by atoms with Crippen LogP contribution in [0.4, 0.5) is 0 Å². The Morgan fingerprint density at radius 2 is 1.83 bits per heavy atom. The van der Waals surface area contributed by atoms with Gasteiger partial charge in [-0.25, -0.2) is 0 Å². The maximum absolute atomic E-state index is 12.9. The molecule has 4 saturated carbocycles. The van der Waals surface area contributed by atoms with Crippen LogP contribution in [0.3, 0.4) is 0 Å². The van der Waals surface area contributed by atoms with Crippen LogP contribution < -0.4 is 0 Å². The van der Waals surface area contributed by atoms with Gasteiger partial charge in [0.1, 0.15) is 5.78 Å². The molecule has 4 aliphatic carbocycles. The van der Waals surface area contributed by atoms with E-state index in [1.165, 1.54) is 26.4 Å². The van der Waals surface area contributed by atoms with Gasteiger partial charge in [-0.15, -0.1) is 0 Å². The van der Waals surface area contributed by atoms with Gasteiger partial charge in [-0.3, -0.25) is 9.59 Å². The minimum absolute atomic E-state index is 0.00732. The molecule has 0 N–H and O–H groups in total. The number of fused-ring (bicyclic) bond motifs is 5. The molecule has 4 fully saturated rings. The van der Waals surface area contributed by atoms with Gasteiger partial charge in [-0.05, 0) is 80.5 Å². The summed E-state index contributed by atoms with van der Waals surface area (Å²) in [6.45, 7) is 4.63. The van der Waals surface area contributed by atoms with Gasteiger partial charge >= 0.3 is 5.97 Å². The predicted molar refractivity (Wildman–Crippen MR) is 92.2 cm³/mol. The Bertz CT molecular complexity index is 555. The summed E-state index contributed by atoms with van der Waals surface area (Å²) in [4.78, 5) is 25.2. The van der Waals surface area contributed by atoms with Crippen LogP contribution >= 0.6 is 0 Å². The zero-order valence-electron chi connectivity index (χ0n) is 15.5. The summed E-state index contributed by atoms with van der Waals surface area (Å²) in [5, 5.41) is 0. The van der Waals surface area contributed by atoms with Gasteiger partial charge in [-0.2, -0.15) is 0 Å². The minimum atomic E-state index is -0.0775. The van der Waals surface area contributed by atoms with E-state index in [0.717, 1.165) is 38.5 Å². The standard InChI is InChI=1S/C21H32O3/c1-20-12-11-16-14(15(20)9-10-17(20)19(23)24-3)8-7-13-5-4-6-18(22)21(13,16)2/h13-17H,4-12H2,1-3H3/t13-,14-,15-,16-,17+,20-,21-/m0/s1. The number of carbonyl (C=O) groups excluding carboxylic acids is 2. The lowest BCUT2D eigenvalue weighted by Gasteiger charge is -2.59. The van der Waals surface area contributed by atoms with E-state index in [0.29, 0.717) is 29.5 Å². The normalized spacial score (nSPS) is 50.6. The second kappa shape index (κ2) is 5.57. The molecule has 0 radical (unpaired) electrons. The molecule has 0 spiro atoms. The molecule has 0 bridgehead atoms. The average molecular weight is 332 g/mol. The largest absolute Gasteiger partial charge is 0.469 e. The Balaban J connectivity index is 1.65. The third-order valence-corrected chi connectivity index (χ3v) is 8.95. The molecule has 0 aromatic carbocycles.